The van der Waals surface area contributed by atoms with E-state index in [1.807, 2.05) is 18.8 Å². The molecule has 1 atom stereocenters. The van der Waals surface area contributed by atoms with Crippen LogP contribution in [0.4, 0.5) is 0 Å². The molecule has 1 aromatic rings. The fourth-order valence-electron chi connectivity index (χ4n) is 1.31. The number of nitrogens with one attached hydrogen (secondary N) is 1. The molecule has 0 aliphatic heterocycles. The Labute approximate surface area is 108 Å². The Bertz CT molecular complexity index is 328. The highest BCUT2D eigenvalue weighted by Crippen LogP contribution is 2.26. The van der Waals surface area contributed by atoms with Gasteiger partial charge in [0.2, 0.25) is 0 Å². The third-order valence-electron chi connectivity index (χ3n) is 2.62. The summed E-state index contributed by atoms with van der Waals surface area (Å²) < 4.78 is 0. The van der Waals surface area contributed by atoms with E-state index in [0.29, 0.717) is 0 Å². The maximum absolute atomic E-state index is 6.20. The molecule has 1 unspecified atom stereocenters. The van der Waals surface area contributed by atoms with Gasteiger partial charge in [-0.15, -0.1) is 11.8 Å². The fourth-order valence-corrected chi connectivity index (χ4v) is 2.70. The zero-order valence-electron chi connectivity index (χ0n) is 10.2. The van der Waals surface area contributed by atoms with Crippen molar-refractivity contribution < 1.29 is 0 Å². The molecule has 0 heterocycles. The average Bonchev–Trinajstić information content (AvgIpc) is 2.29. The lowest BCUT2D eigenvalue weighted by Gasteiger charge is -2.09. The van der Waals surface area contributed by atoms with E-state index in [-0.39, 0.29) is 0 Å². The Kier molecular flexibility index (Phi) is 6.25. The second kappa shape index (κ2) is 7.21. The normalized spacial score (nSPS) is 12.8. The Hall–Kier alpha value is -0.180. The van der Waals surface area contributed by atoms with Crippen molar-refractivity contribution in [2.75, 3.05) is 12.8 Å². The lowest BCUT2D eigenvalue weighted by molar-refractivity contribution is 0.637. The van der Waals surface area contributed by atoms with Gasteiger partial charge in [-0.05, 0) is 30.7 Å². The zero-order chi connectivity index (χ0) is 12.0. The quantitative estimate of drug-likeness (QED) is 0.767. The molecule has 0 fully saturated rings. The monoisotopic (exact) mass is 257 g/mol. The molecule has 0 saturated heterocycles. The van der Waals surface area contributed by atoms with E-state index in [4.69, 9.17) is 11.6 Å². The van der Waals surface area contributed by atoms with Crippen molar-refractivity contribution in [3.05, 3.63) is 28.8 Å². The Morgan fingerprint density at radius 1 is 1.44 bits per heavy atom. The van der Waals surface area contributed by atoms with E-state index in [0.717, 1.165) is 28.8 Å². The smallest absolute Gasteiger partial charge is 0.0462 e. The van der Waals surface area contributed by atoms with Crippen LogP contribution >= 0.6 is 23.4 Å². The summed E-state index contributed by atoms with van der Waals surface area (Å²) >= 11 is 8.09. The van der Waals surface area contributed by atoms with E-state index in [1.54, 1.807) is 0 Å². The van der Waals surface area contributed by atoms with Crippen LogP contribution in [0.3, 0.4) is 0 Å². The largest absolute Gasteiger partial charge is 0.316 e. The molecule has 1 nitrogen and oxygen atoms in total. The van der Waals surface area contributed by atoms with Crippen LogP contribution in [0, 0.1) is 5.92 Å². The summed E-state index contributed by atoms with van der Waals surface area (Å²) in [6, 6.07) is 6.34. The number of hydrogen-bond acceptors (Lipinski definition) is 2. The topological polar surface area (TPSA) is 12.0 Å². The highest BCUT2D eigenvalue weighted by atomic mass is 35.5. The molecule has 16 heavy (non-hydrogen) atoms. The maximum atomic E-state index is 6.20. The van der Waals surface area contributed by atoms with Crippen LogP contribution in [-0.4, -0.2) is 12.8 Å². The van der Waals surface area contributed by atoms with Crippen molar-refractivity contribution in [3.8, 4) is 0 Å². The van der Waals surface area contributed by atoms with Crippen molar-refractivity contribution in [2.24, 2.45) is 5.92 Å². The van der Waals surface area contributed by atoms with E-state index >= 15 is 0 Å². The SMILES string of the molecule is CCC(C)CSc1ccc(CNC)c(Cl)c1. The van der Waals surface area contributed by atoms with Crippen molar-refractivity contribution >= 4 is 23.4 Å². The molecule has 0 bridgehead atoms. The van der Waals surface area contributed by atoms with Crippen molar-refractivity contribution in [1.82, 2.24) is 5.32 Å². The number of benzene rings is 1. The molecule has 90 valence electrons. The van der Waals surface area contributed by atoms with Gasteiger partial charge in [0.25, 0.3) is 0 Å². The van der Waals surface area contributed by atoms with E-state index in [2.05, 4.69) is 37.4 Å². The molecule has 0 radical (unpaired) electrons. The summed E-state index contributed by atoms with van der Waals surface area (Å²) in [5.41, 5.74) is 1.16. The van der Waals surface area contributed by atoms with E-state index < -0.39 is 0 Å². The van der Waals surface area contributed by atoms with Gasteiger partial charge in [0.1, 0.15) is 0 Å². The van der Waals surface area contributed by atoms with Gasteiger partial charge < -0.3 is 5.32 Å². The minimum Gasteiger partial charge on any atom is -0.316 e. The Balaban J connectivity index is 2.59. The van der Waals surface area contributed by atoms with Crippen molar-refractivity contribution in [1.29, 1.82) is 0 Å². The summed E-state index contributed by atoms with van der Waals surface area (Å²) in [6.45, 7) is 5.34. The first-order valence-electron chi connectivity index (χ1n) is 5.73. The second-order valence-corrected chi connectivity index (χ2v) is 5.61. The van der Waals surface area contributed by atoms with Gasteiger partial charge in [0.05, 0.1) is 0 Å². The summed E-state index contributed by atoms with van der Waals surface area (Å²) in [5.74, 6) is 1.93. The Morgan fingerprint density at radius 2 is 2.19 bits per heavy atom. The molecule has 1 rings (SSSR count). The molecular formula is C13H20ClNS. The lowest BCUT2D eigenvalue weighted by atomic mass is 10.2. The molecule has 3 heteroatoms. The van der Waals surface area contributed by atoms with Crippen LogP contribution in [-0.2, 0) is 6.54 Å². The van der Waals surface area contributed by atoms with Crippen LogP contribution in [0.1, 0.15) is 25.8 Å². The first-order chi connectivity index (χ1) is 7.67. The summed E-state index contributed by atoms with van der Waals surface area (Å²) in [4.78, 5) is 1.27. The molecule has 0 aromatic heterocycles. The van der Waals surface area contributed by atoms with Gasteiger partial charge in [-0.1, -0.05) is 37.9 Å². The predicted molar refractivity (Wildman–Crippen MR) is 74.4 cm³/mol. The van der Waals surface area contributed by atoms with Gasteiger partial charge in [0, 0.05) is 22.2 Å². The number of thioether (sulfide) groups is 1. The number of hydrogen-bond donors (Lipinski definition) is 1. The van der Waals surface area contributed by atoms with Gasteiger partial charge in [-0.25, -0.2) is 0 Å². The molecule has 0 amide bonds. The van der Waals surface area contributed by atoms with E-state index in [9.17, 15) is 0 Å². The summed E-state index contributed by atoms with van der Waals surface area (Å²) in [6.07, 6.45) is 1.23. The Morgan fingerprint density at radius 3 is 2.75 bits per heavy atom. The van der Waals surface area contributed by atoms with Crippen LogP contribution in [0.5, 0.6) is 0 Å². The minimum absolute atomic E-state index is 0.765. The van der Waals surface area contributed by atoms with Gasteiger partial charge in [-0.2, -0.15) is 0 Å². The standard InChI is InChI=1S/C13H20ClNS/c1-4-10(2)9-16-12-6-5-11(8-15-3)13(14)7-12/h5-7,10,15H,4,8-9H2,1-3H3. The first kappa shape index (κ1) is 13.9. The third-order valence-corrected chi connectivity index (χ3v) is 4.30. The first-order valence-corrected chi connectivity index (χ1v) is 7.09. The van der Waals surface area contributed by atoms with Crippen molar-refractivity contribution in [2.45, 2.75) is 31.7 Å². The highest BCUT2D eigenvalue weighted by Gasteiger charge is 2.04. The molecular weight excluding hydrogens is 238 g/mol. The highest BCUT2D eigenvalue weighted by molar-refractivity contribution is 7.99. The summed E-state index contributed by atoms with van der Waals surface area (Å²) in [5, 5.41) is 3.98. The molecule has 0 spiro atoms. The van der Waals surface area contributed by atoms with Crippen LogP contribution in [0.25, 0.3) is 0 Å². The predicted octanol–water partition coefficient (Wildman–Crippen LogP) is 4.20. The van der Waals surface area contributed by atoms with Crippen molar-refractivity contribution in [3.63, 3.8) is 0 Å². The third kappa shape index (κ3) is 4.36. The van der Waals surface area contributed by atoms with Crippen LogP contribution in [0.15, 0.2) is 23.1 Å². The second-order valence-electron chi connectivity index (χ2n) is 4.11. The van der Waals surface area contributed by atoms with Gasteiger partial charge >= 0.3 is 0 Å². The van der Waals surface area contributed by atoms with Gasteiger partial charge in [0.15, 0.2) is 0 Å². The molecule has 0 aliphatic rings. The number of rotatable bonds is 6. The molecule has 1 aromatic carbocycles. The zero-order valence-corrected chi connectivity index (χ0v) is 11.8. The molecule has 1 N–H and O–H groups in total. The van der Waals surface area contributed by atoms with Gasteiger partial charge in [-0.3, -0.25) is 0 Å². The molecule has 0 aliphatic carbocycles. The van der Waals surface area contributed by atoms with E-state index in [1.165, 1.54) is 11.3 Å². The molecule has 0 saturated carbocycles. The summed E-state index contributed by atoms with van der Waals surface area (Å²) in [7, 11) is 1.93. The number of halogens is 1. The maximum Gasteiger partial charge on any atom is 0.0462 e. The van der Waals surface area contributed by atoms with Crippen LogP contribution in [0.2, 0.25) is 5.02 Å². The van der Waals surface area contributed by atoms with Crippen LogP contribution < -0.4 is 5.32 Å². The minimum atomic E-state index is 0.765. The fraction of sp³-hybridized carbons (Fsp3) is 0.538. The lowest BCUT2D eigenvalue weighted by Crippen LogP contribution is -2.05. The average molecular weight is 258 g/mol.